The number of likely N-dealkylation sites (tertiary alicyclic amines) is 1. The van der Waals surface area contributed by atoms with Crippen LogP contribution < -0.4 is 11.1 Å². The van der Waals surface area contributed by atoms with Gasteiger partial charge >= 0.3 is 0 Å². The highest BCUT2D eigenvalue weighted by Gasteiger charge is 2.46. The number of fused-ring (bicyclic) bond motifs is 2. The average Bonchev–Trinajstić information content (AvgIpc) is 3.16. The van der Waals surface area contributed by atoms with Gasteiger partial charge in [-0.1, -0.05) is 54.6 Å². The van der Waals surface area contributed by atoms with E-state index in [-0.39, 0.29) is 48.8 Å². The first-order chi connectivity index (χ1) is 16.7. The number of nitrogens with one attached hydrogen (secondary N) is 1. The minimum atomic E-state index is -1.10. The maximum atomic E-state index is 13.5. The van der Waals surface area contributed by atoms with E-state index in [2.05, 4.69) is 23.5 Å². The average molecular weight is 516 g/mol. The predicted octanol–water partition coefficient (Wildman–Crippen LogP) is 2.89. The third-order valence-corrected chi connectivity index (χ3v) is 7.45. The third-order valence-electron chi connectivity index (χ3n) is 7.45. The summed E-state index contributed by atoms with van der Waals surface area (Å²) < 4.78 is 5.84. The van der Waals surface area contributed by atoms with Crippen LogP contribution in [0.1, 0.15) is 55.7 Å². The molecule has 0 saturated carbocycles. The molecular weight excluding hydrogens is 478 g/mol. The molecule has 1 aliphatic heterocycles. The number of aliphatic hydroxyl groups excluding tert-OH is 1. The number of ether oxygens (including phenoxy) is 1. The zero-order chi connectivity index (χ0) is 25.1. The van der Waals surface area contributed by atoms with Gasteiger partial charge in [0.25, 0.3) is 0 Å². The lowest BCUT2D eigenvalue weighted by molar-refractivity contribution is -0.140. The van der Waals surface area contributed by atoms with Crippen LogP contribution in [-0.4, -0.2) is 59.7 Å². The molecule has 1 aliphatic carbocycles. The fourth-order valence-corrected chi connectivity index (χ4v) is 5.43. The molecule has 4 rings (SSSR count). The van der Waals surface area contributed by atoms with E-state index < -0.39 is 11.6 Å². The molecule has 196 valence electrons. The summed E-state index contributed by atoms with van der Waals surface area (Å²) in [5.41, 5.74) is 8.42. The molecule has 4 N–H and O–H groups in total. The van der Waals surface area contributed by atoms with Gasteiger partial charge in [-0.05, 0) is 55.2 Å². The number of piperidine rings is 1. The number of carbonyl (C=O) groups excluding carboxylic acids is 2. The third kappa shape index (κ3) is 6.09. The van der Waals surface area contributed by atoms with Crippen LogP contribution in [0.3, 0.4) is 0 Å². The maximum absolute atomic E-state index is 13.5. The molecule has 0 bridgehead atoms. The Labute approximate surface area is 219 Å². The number of nitrogens with two attached hydrogens (primary N) is 1. The van der Waals surface area contributed by atoms with Crippen LogP contribution in [0.15, 0.2) is 54.6 Å². The molecule has 1 heterocycles. The number of hydrogen-bond donors (Lipinski definition) is 3. The van der Waals surface area contributed by atoms with Gasteiger partial charge in [-0.25, -0.2) is 0 Å². The number of rotatable bonds is 8. The van der Waals surface area contributed by atoms with E-state index in [1.807, 2.05) is 41.3 Å². The molecule has 2 aliphatic rings. The van der Waals surface area contributed by atoms with E-state index in [4.69, 9.17) is 10.5 Å². The molecule has 7 nitrogen and oxygen atoms in total. The van der Waals surface area contributed by atoms with E-state index >= 15 is 0 Å². The monoisotopic (exact) mass is 515 g/mol. The van der Waals surface area contributed by atoms with Gasteiger partial charge in [-0.2, -0.15) is 0 Å². The van der Waals surface area contributed by atoms with Gasteiger partial charge in [0.2, 0.25) is 11.8 Å². The number of amides is 2. The fraction of sp³-hybridized carbons (Fsp3) is 0.500. The molecule has 2 amide bonds. The molecule has 1 saturated heterocycles. The van der Waals surface area contributed by atoms with Crippen LogP contribution in [0.2, 0.25) is 0 Å². The van der Waals surface area contributed by atoms with Crippen molar-refractivity contribution >= 4 is 24.2 Å². The highest BCUT2D eigenvalue weighted by Crippen LogP contribution is 2.51. The van der Waals surface area contributed by atoms with Gasteiger partial charge in [-0.15, -0.1) is 12.4 Å². The van der Waals surface area contributed by atoms with Crippen LogP contribution in [0, 0.1) is 0 Å². The van der Waals surface area contributed by atoms with Gasteiger partial charge in [0.05, 0.1) is 18.8 Å². The lowest BCUT2D eigenvalue weighted by atomic mass is 9.73. The van der Waals surface area contributed by atoms with Gasteiger partial charge in [0, 0.05) is 25.6 Å². The summed E-state index contributed by atoms with van der Waals surface area (Å²) in [5, 5.41) is 12.7. The number of nitrogens with zero attached hydrogens (tertiary/aromatic N) is 1. The number of aliphatic hydroxyl groups is 1. The van der Waals surface area contributed by atoms with Crippen LogP contribution >= 0.6 is 12.4 Å². The molecule has 1 fully saturated rings. The van der Waals surface area contributed by atoms with Crippen molar-refractivity contribution in [3.8, 4) is 0 Å². The Hall–Kier alpha value is -2.45. The van der Waals surface area contributed by atoms with Crippen LogP contribution in [0.4, 0.5) is 0 Å². The van der Waals surface area contributed by atoms with Crippen molar-refractivity contribution in [2.24, 2.45) is 5.73 Å². The van der Waals surface area contributed by atoms with Crippen LogP contribution in [0.25, 0.3) is 0 Å². The van der Waals surface area contributed by atoms with Crippen molar-refractivity contribution in [1.82, 2.24) is 10.2 Å². The molecule has 2 atom stereocenters. The topological polar surface area (TPSA) is 105 Å². The van der Waals surface area contributed by atoms with Crippen molar-refractivity contribution in [3.63, 3.8) is 0 Å². The lowest BCUT2D eigenvalue weighted by Crippen LogP contribution is -2.59. The number of benzene rings is 2. The lowest BCUT2D eigenvalue weighted by Gasteiger charge is -2.41. The zero-order valence-electron chi connectivity index (χ0n) is 21.1. The molecule has 2 aromatic carbocycles. The quantitative estimate of drug-likeness (QED) is 0.501. The summed E-state index contributed by atoms with van der Waals surface area (Å²) in [5.74, 6) is -0.377. The van der Waals surface area contributed by atoms with E-state index in [0.29, 0.717) is 19.7 Å². The molecule has 1 unspecified atom stereocenters. The smallest absolute Gasteiger partial charge is 0.247 e. The van der Waals surface area contributed by atoms with Crippen molar-refractivity contribution in [1.29, 1.82) is 0 Å². The fourth-order valence-electron chi connectivity index (χ4n) is 5.43. The highest BCUT2D eigenvalue weighted by molar-refractivity contribution is 5.91. The minimum absolute atomic E-state index is 0. The van der Waals surface area contributed by atoms with Gasteiger partial charge in [-0.3, -0.25) is 9.59 Å². The summed E-state index contributed by atoms with van der Waals surface area (Å²) in [4.78, 5) is 28.0. The van der Waals surface area contributed by atoms with Crippen molar-refractivity contribution in [2.75, 3.05) is 26.3 Å². The van der Waals surface area contributed by atoms with Crippen molar-refractivity contribution in [3.05, 3.63) is 71.3 Å². The summed E-state index contributed by atoms with van der Waals surface area (Å²) in [6.45, 7) is 5.01. The van der Waals surface area contributed by atoms with E-state index in [1.54, 1.807) is 13.8 Å². The number of hydrogen-bond acceptors (Lipinski definition) is 5. The maximum Gasteiger partial charge on any atom is 0.247 e. The Kier molecular flexibility index (Phi) is 9.17. The molecule has 0 radical (unpaired) electrons. The van der Waals surface area contributed by atoms with E-state index in [9.17, 15) is 14.7 Å². The standard InChI is InChI=1S/C28H37N3O4.ClH/c1-27(2,29)26(34)30-24(19-35-18-20-8-4-3-5-9-20)25(33)31-14-12-28(13-15-31)16-21(17-32)22-10-6-7-11-23(22)28;/h3-11,21,24,32H,12-19,29H2,1-2H3,(H,30,34);1H/t21?,24-;/m1./s1. The largest absolute Gasteiger partial charge is 0.396 e. The van der Waals surface area contributed by atoms with Gasteiger partial charge < -0.3 is 25.8 Å². The predicted molar refractivity (Wildman–Crippen MR) is 142 cm³/mol. The normalized spacial score (nSPS) is 19.3. The zero-order valence-corrected chi connectivity index (χ0v) is 21.9. The second-order valence-corrected chi connectivity index (χ2v) is 10.5. The minimum Gasteiger partial charge on any atom is -0.396 e. The first-order valence-electron chi connectivity index (χ1n) is 12.4. The molecule has 1 spiro atoms. The van der Waals surface area contributed by atoms with Crippen molar-refractivity contribution in [2.45, 2.75) is 62.6 Å². The van der Waals surface area contributed by atoms with Crippen LogP contribution in [0.5, 0.6) is 0 Å². The van der Waals surface area contributed by atoms with E-state index in [1.165, 1.54) is 11.1 Å². The van der Waals surface area contributed by atoms with Crippen LogP contribution in [-0.2, 0) is 26.3 Å². The Bertz CT molecular complexity index is 1030. The second kappa shape index (κ2) is 11.7. The summed E-state index contributed by atoms with van der Waals surface area (Å²) in [6.07, 6.45) is 2.58. The molecular formula is C28H38ClN3O4. The first-order valence-corrected chi connectivity index (χ1v) is 12.4. The second-order valence-electron chi connectivity index (χ2n) is 10.5. The molecule has 36 heavy (non-hydrogen) atoms. The van der Waals surface area contributed by atoms with Gasteiger partial charge in [0.15, 0.2) is 0 Å². The van der Waals surface area contributed by atoms with Gasteiger partial charge in [0.1, 0.15) is 6.04 Å². The van der Waals surface area contributed by atoms with E-state index in [0.717, 1.165) is 24.8 Å². The Morgan fingerprint density at radius 2 is 1.78 bits per heavy atom. The number of halogens is 1. The Balaban J connectivity index is 0.00000361. The summed E-state index contributed by atoms with van der Waals surface area (Å²) in [7, 11) is 0. The van der Waals surface area contributed by atoms with Crippen molar-refractivity contribution < 1.29 is 19.4 Å². The molecule has 8 heteroatoms. The molecule has 0 aromatic heterocycles. The Morgan fingerprint density at radius 1 is 1.14 bits per heavy atom. The summed E-state index contributed by atoms with van der Waals surface area (Å²) >= 11 is 0. The SMILES string of the molecule is CC(C)(N)C(=O)N[C@H](COCc1ccccc1)C(=O)N1CCC2(CC1)CC(CO)c1ccccc12.Cl. The number of carbonyl (C=O) groups is 2. The first kappa shape index (κ1) is 28.1. The summed E-state index contributed by atoms with van der Waals surface area (Å²) in [6, 6.07) is 17.3. The highest BCUT2D eigenvalue weighted by atomic mass is 35.5. The Morgan fingerprint density at radius 3 is 2.42 bits per heavy atom. The molecule has 2 aromatic rings.